The van der Waals surface area contributed by atoms with Gasteiger partial charge in [-0.25, -0.2) is 0 Å². The van der Waals surface area contributed by atoms with Gasteiger partial charge in [-0.2, -0.15) is 0 Å². The number of hydrogen-bond acceptors (Lipinski definition) is 0. The van der Waals surface area contributed by atoms with Crippen molar-refractivity contribution in [3.05, 3.63) is 35.9 Å². The molecule has 0 atom stereocenters. The van der Waals surface area contributed by atoms with E-state index < -0.39 is 0 Å². The van der Waals surface area contributed by atoms with Gasteiger partial charge in [0.2, 0.25) is 0 Å². The molecule has 43 valence electrons. The van der Waals surface area contributed by atoms with Gasteiger partial charge in [0.15, 0.2) is 0 Å². The molecule has 0 amide bonds. The predicted molar refractivity (Wildman–Crippen MR) is 39.1 cm³/mol. The SMILES string of the molecule is [Se]C#Cc1ccccc1. The summed E-state index contributed by atoms with van der Waals surface area (Å²) in [5.74, 6) is 2.90. The van der Waals surface area contributed by atoms with Crippen LogP contribution in [0.25, 0.3) is 0 Å². The Morgan fingerprint density at radius 1 is 1.11 bits per heavy atom. The van der Waals surface area contributed by atoms with E-state index in [4.69, 9.17) is 0 Å². The fraction of sp³-hybridized carbons (Fsp3) is 0. The van der Waals surface area contributed by atoms with E-state index in [1.54, 1.807) is 0 Å². The first-order chi connectivity index (χ1) is 4.43. The summed E-state index contributed by atoms with van der Waals surface area (Å²) < 4.78 is 0. The summed E-state index contributed by atoms with van der Waals surface area (Å²) >= 11 is 2.63. The molecule has 1 aromatic carbocycles. The molecule has 0 unspecified atom stereocenters. The Balaban J connectivity index is 2.94. The Hall–Kier alpha value is -0.701. The molecular weight excluding hydrogens is 175 g/mol. The molecule has 0 aliphatic rings. The topological polar surface area (TPSA) is 0 Å². The average molecular weight is 180 g/mol. The third-order valence-corrected chi connectivity index (χ3v) is 1.18. The van der Waals surface area contributed by atoms with Gasteiger partial charge in [-0.3, -0.25) is 0 Å². The summed E-state index contributed by atoms with van der Waals surface area (Å²) in [5, 5.41) is 0. The van der Waals surface area contributed by atoms with Gasteiger partial charge in [0.25, 0.3) is 0 Å². The van der Waals surface area contributed by atoms with Crippen molar-refractivity contribution in [2.24, 2.45) is 0 Å². The van der Waals surface area contributed by atoms with Crippen molar-refractivity contribution in [3.63, 3.8) is 0 Å². The quantitative estimate of drug-likeness (QED) is 0.415. The van der Waals surface area contributed by atoms with Crippen LogP contribution >= 0.6 is 0 Å². The molecular formula is C8H5Se. The predicted octanol–water partition coefficient (Wildman–Crippen LogP) is 1.16. The van der Waals surface area contributed by atoms with E-state index in [9.17, 15) is 0 Å². The second kappa shape index (κ2) is 3.35. The molecule has 0 fully saturated rings. The summed E-state index contributed by atoms with van der Waals surface area (Å²) in [6.07, 6.45) is 0. The molecule has 0 saturated heterocycles. The number of benzene rings is 1. The summed E-state index contributed by atoms with van der Waals surface area (Å²) in [5.41, 5.74) is 1.05. The first-order valence-corrected chi connectivity index (χ1v) is 3.47. The second-order valence-electron chi connectivity index (χ2n) is 1.59. The number of hydrogen-bond donors (Lipinski definition) is 0. The molecule has 0 spiro atoms. The Bertz CT molecular complexity index is 228. The standard InChI is InChI=1S/C8H5Se/c9-7-6-8-4-2-1-3-5-8/h1-5H. The minimum atomic E-state index is 1.05. The Morgan fingerprint density at radius 3 is 2.33 bits per heavy atom. The van der Waals surface area contributed by atoms with Crippen LogP contribution in [0.5, 0.6) is 0 Å². The van der Waals surface area contributed by atoms with Crippen molar-refractivity contribution in [3.8, 4) is 10.7 Å². The second-order valence-corrected chi connectivity index (χ2v) is 2.02. The molecule has 0 aliphatic heterocycles. The zero-order chi connectivity index (χ0) is 6.53. The Morgan fingerprint density at radius 2 is 1.78 bits per heavy atom. The molecule has 0 heterocycles. The molecule has 1 aromatic rings. The van der Waals surface area contributed by atoms with Crippen molar-refractivity contribution >= 4 is 16.0 Å². The van der Waals surface area contributed by atoms with E-state index in [0.717, 1.165) is 5.56 Å². The van der Waals surface area contributed by atoms with Gasteiger partial charge in [-0.15, -0.1) is 0 Å². The van der Waals surface area contributed by atoms with Crippen molar-refractivity contribution in [2.45, 2.75) is 0 Å². The van der Waals surface area contributed by atoms with Gasteiger partial charge >= 0.3 is 62.6 Å². The fourth-order valence-electron chi connectivity index (χ4n) is 0.580. The van der Waals surface area contributed by atoms with Gasteiger partial charge in [0, 0.05) is 0 Å². The normalized spacial score (nSPS) is 7.56. The van der Waals surface area contributed by atoms with E-state index in [2.05, 4.69) is 26.8 Å². The minimum absolute atomic E-state index is 1.05. The zero-order valence-corrected chi connectivity index (χ0v) is 6.51. The molecule has 0 nitrogen and oxygen atoms in total. The van der Waals surface area contributed by atoms with E-state index in [1.807, 2.05) is 30.3 Å². The van der Waals surface area contributed by atoms with E-state index in [-0.39, 0.29) is 0 Å². The van der Waals surface area contributed by atoms with Crippen LogP contribution in [0.3, 0.4) is 0 Å². The van der Waals surface area contributed by atoms with E-state index in [0.29, 0.717) is 0 Å². The third kappa shape index (κ3) is 1.93. The molecule has 1 radical (unpaired) electrons. The van der Waals surface area contributed by atoms with Crippen LogP contribution in [0.4, 0.5) is 0 Å². The van der Waals surface area contributed by atoms with Crippen molar-refractivity contribution in [1.29, 1.82) is 0 Å². The van der Waals surface area contributed by atoms with Crippen molar-refractivity contribution in [2.75, 3.05) is 0 Å². The summed E-state index contributed by atoms with van der Waals surface area (Å²) in [6, 6.07) is 9.87. The Kier molecular flexibility index (Phi) is 2.39. The first-order valence-electron chi connectivity index (χ1n) is 2.61. The van der Waals surface area contributed by atoms with Crippen LogP contribution in [0.2, 0.25) is 0 Å². The van der Waals surface area contributed by atoms with Crippen LogP contribution in [-0.4, -0.2) is 16.0 Å². The van der Waals surface area contributed by atoms with E-state index in [1.165, 1.54) is 0 Å². The van der Waals surface area contributed by atoms with Gasteiger partial charge in [-0.1, -0.05) is 0 Å². The summed E-state index contributed by atoms with van der Waals surface area (Å²) in [4.78, 5) is 2.71. The van der Waals surface area contributed by atoms with Gasteiger partial charge in [0.1, 0.15) is 0 Å². The van der Waals surface area contributed by atoms with Crippen LogP contribution in [-0.2, 0) is 0 Å². The summed E-state index contributed by atoms with van der Waals surface area (Å²) in [6.45, 7) is 0. The fourth-order valence-corrected chi connectivity index (χ4v) is 0.828. The Labute approximate surface area is 63.1 Å². The monoisotopic (exact) mass is 181 g/mol. The molecule has 0 saturated carbocycles. The molecule has 1 rings (SSSR count). The van der Waals surface area contributed by atoms with E-state index >= 15 is 0 Å². The zero-order valence-electron chi connectivity index (χ0n) is 4.79. The van der Waals surface area contributed by atoms with Crippen LogP contribution in [0, 0.1) is 10.7 Å². The van der Waals surface area contributed by atoms with Crippen LogP contribution in [0.15, 0.2) is 30.3 Å². The number of rotatable bonds is 0. The van der Waals surface area contributed by atoms with Crippen molar-refractivity contribution < 1.29 is 0 Å². The van der Waals surface area contributed by atoms with Gasteiger partial charge in [-0.05, 0) is 0 Å². The molecule has 0 N–H and O–H groups in total. The molecule has 0 bridgehead atoms. The molecule has 1 heteroatoms. The molecule has 9 heavy (non-hydrogen) atoms. The maximum absolute atomic E-state index is 2.90. The average Bonchev–Trinajstić information content (AvgIpc) is 1.91. The molecule has 0 aliphatic carbocycles. The first kappa shape index (κ1) is 6.42. The summed E-state index contributed by atoms with van der Waals surface area (Å²) in [7, 11) is 0. The van der Waals surface area contributed by atoms with Gasteiger partial charge < -0.3 is 0 Å². The van der Waals surface area contributed by atoms with Crippen LogP contribution < -0.4 is 0 Å². The molecule has 0 aromatic heterocycles. The van der Waals surface area contributed by atoms with Crippen molar-refractivity contribution in [1.82, 2.24) is 0 Å². The van der Waals surface area contributed by atoms with Gasteiger partial charge in [0.05, 0.1) is 0 Å². The van der Waals surface area contributed by atoms with Crippen LogP contribution in [0.1, 0.15) is 5.56 Å². The maximum atomic E-state index is 2.90. The third-order valence-electron chi connectivity index (χ3n) is 0.969.